The average molecular weight is 528 g/mol. The van der Waals surface area contributed by atoms with Crippen LogP contribution in [0.5, 0.6) is 0 Å². The third-order valence-electron chi connectivity index (χ3n) is 4.82. The lowest BCUT2D eigenvalue weighted by atomic mass is 10.0. The Morgan fingerprint density at radius 3 is 2.85 bits per heavy atom. The molecule has 0 saturated carbocycles. The van der Waals surface area contributed by atoms with Crippen molar-refractivity contribution in [3.63, 3.8) is 0 Å². The van der Waals surface area contributed by atoms with Crippen molar-refractivity contribution in [3.05, 3.63) is 17.3 Å². The van der Waals surface area contributed by atoms with Crippen LogP contribution in [0.1, 0.15) is 0 Å². The first-order valence-corrected chi connectivity index (χ1v) is 11.8. The molecule has 1 unspecified atom stereocenters. The normalized spacial score (nSPS) is 20.2. The van der Waals surface area contributed by atoms with Gasteiger partial charge in [0.05, 0.1) is 11.6 Å². The number of tetrazole rings is 1. The number of rotatable bonds is 8. The van der Waals surface area contributed by atoms with Gasteiger partial charge in [0.25, 0.3) is 11.8 Å². The summed E-state index contributed by atoms with van der Waals surface area (Å²) in [4.78, 5) is 49.6. The Kier molecular flexibility index (Phi) is 6.58. The predicted octanol–water partition coefficient (Wildman–Crippen LogP) is -1.43. The standard InChI is InChI=1S/C16H14ClN9O6S2/c17-2-7(27)9(22-32)13(28)19-10-14(29)25-11(16(30)31)5(4-34-15(10)25)3-33-8-1-6(18)12-20-23-24-26(12)21-8/h1,10,15,32H,2-4,18H2,(H,19,28)(H,30,31)/t10?,15-/m0/s1. The summed E-state index contributed by atoms with van der Waals surface area (Å²) in [6.45, 7) is 0. The monoisotopic (exact) mass is 527 g/mol. The maximum Gasteiger partial charge on any atom is 0.352 e. The van der Waals surface area contributed by atoms with E-state index < -0.39 is 46.6 Å². The van der Waals surface area contributed by atoms with Crippen LogP contribution in [-0.4, -0.2) is 98.5 Å². The zero-order chi connectivity index (χ0) is 24.6. The lowest BCUT2D eigenvalue weighted by Crippen LogP contribution is -2.71. The summed E-state index contributed by atoms with van der Waals surface area (Å²) in [6, 6.07) is 0.448. The molecule has 2 amide bonds. The number of amides is 2. The van der Waals surface area contributed by atoms with Gasteiger partial charge >= 0.3 is 5.97 Å². The maximum atomic E-state index is 12.7. The number of nitrogen functional groups attached to an aromatic ring is 1. The second-order valence-corrected chi connectivity index (χ2v) is 9.21. The van der Waals surface area contributed by atoms with Gasteiger partial charge in [0.15, 0.2) is 0 Å². The van der Waals surface area contributed by atoms with Gasteiger partial charge in [-0.25, -0.2) is 4.79 Å². The molecule has 2 aromatic rings. The molecule has 0 bridgehead atoms. The van der Waals surface area contributed by atoms with Gasteiger partial charge in [0.2, 0.25) is 17.1 Å². The summed E-state index contributed by atoms with van der Waals surface area (Å²) in [7, 11) is 0. The molecule has 1 saturated heterocycles. The van der Waals surface area contributed by atoms with Gasteiger partial charge in [-0.3, -0.25) is 19.3 Å². The van der Waals surface area contributed by atoms with Gasteiger partial charge in [0, 0.05) is 11.5 Å². The lowest BCUT2D eigenvalue weighted by molar-refractivity contribution is -0.150. The first-order valence-electron chi connectivity index (χ1n) is 9.26. The van der Waals surface area contributed by atoms with E-state index in [1.807, 2.05) is 0 Å². The highest BCUT2D eigenvalue weighted by molar-refractivity contribution is 8.01. The second-order valence-electron chi connectivity index (χ2n) is 6.84. The number of ketones is 1. The van der Waals surface area contributed by atoms with Crippen molar-refractivity contribution in [2.24, 2.45) is 5.16 Å². The molecule has 2 aromatic heterocycles. The molecule has 0 aromatic carbocycles. The number of nitrogens with one attached hydrogen (secondary N) is 1. The Morgan fingerprint density at radius 1 is 1.41 bits per heavy atom. The van der Waals surface area contributed by atoms with Crippen LogP contribution in [0.15, 0.2) is 27.5 Å². The van der Waals surface area contributed by atoms with Gasteiger partial charge in [-0.15, -0.1) is 38.2 Å². The quantitative estimate of drug-likeness (QED) is 0.0589. The number of carboxylic acid groups (broad SMARTS) is 1. The molecule has 178 valence electrons. The summed E-state index contributed by atoms with van der Waals surface area (Å²) >= 11 is 7.79. The molecule has 2 aliphatic rings. The third-order valence-corrected chi connectivity index (χ3v) is 7.39. The van der Waals surface area contributed by atoms with Gasteiger partial charge in [-0.1, -0.05) is 16.9 Å². The van der Waals surface area contributed by atoms with Gasteiger partial charge in [0.1, 0.15) is 22.1 Å². The minimum atomic E-state index is -1.31. The number of aliphatic carboxylic acids is 1. The molecule has 34 heavy (non-hydrogen) atoms. The second kappa shape index (κ2) is 9.43. The molecule has 2 atom stereocenters. The van der Waals surface area contributed by atoms with Crippen LogP contribution in [0.2, 0.25) is 0 Å². The number of hydrogen-bond donors (Lipinski definition) is 4. The highest BCUT2D eigenvalue weighted by Crippen LogP contribution is 2.41. The van der Waals surface area contributed by atoms with E-state index in [9.17, 15) is 24.3 Å². The summed E-state index contributed by atoms with van der Waals surface area (Å²) in [5, 5.41) is 38.4. The van der Waals surface area contributed by atoms with Crippen molar-refractivity contribution >= 4 is 75.7 Å². The van der Waals surface area contributed by atoms with E-state index in [-0.39, 0.29) is 22.8 Å². The smallest absolute Gasteiger partial charge is 0.352 e. The van der Waals surface area contributed by atoms with E-state index in [0.29, 0.717) is 16.3 Å². The van der Waals surface area contributed by atoms with Crippen molar-refractivity contribution < 1.29 is 29.5 Å². The Balaban J connectivity index is 1.50. The van der Waals surface area contributed by atoms with E-state index in [1.54, 1.807) is 6.07 Å². The molecule has 0 aliphatic carbocycles. The van der Waals surface area contributed by atoms with Crippen LogP contribution >= 0.6 is 35.1 Å². The number of β-lactam (4-membered cyclic amide) rings is 1. The summed E-state index contributed by atoms with van der Waals surface area (Å²) < 4.78 is 1.15. The number of carbonyl (C=O) groups is 4. The highest BCUT2D eigenvalue weighted by atomic mass is 35.5. The molecule has 0 radical (unpaired) electrons. The molecular formula is C16H14ClN9O6S2. The molecular weight excluding hydrogens is 514 g/mol. The van der Waals surface area contributed by atoms with E-state index in [1.165, 1.54) is 23.5 Å². The number of halogens is 1. The third kappa shape index (κ3) is 4.12. The van der Waals surface area contributed by atoms with Gasteiger partial charge < -0.3 is 21.4 Å². The van der Waals surface area contributed by atoms with Crippen LogP contribution in [0.25, 0.3) is 5.65 Å². The van der Waals surface area contributed by atoms with Crippen LogP contribution in [0.3, 0.4) is 0 Å². The van der Waals surface area contributed by atoms with E-state index in [2.05, 4.69) is 31.1 Å². The van der Waals surface area contributed by atoms with Crippen LogP contribution < -0.4 is 11.1 Å². The van der Waals surface area contributed by atoms with Gasteiger partial charge in [-0.05, 0) is 22.1 Å². The van der Waals surface area contributed by atoms with Crippen molar-refractivity contribution in [2.75, 3.05) is 23.1 Å². The number of fused-ring (bicyclic) bond motifs is 2. The largest absolute Gasteiger partial charge is 0.477 e. The Labute approximate surface area is 202 Å². The summed E-state index contributed by atoms with van der Waals surface area (Å²) in [6.07, 6.45) is 0. The van der Waals surface area contributed by atoms with Crippen molar-refractivity contribution in [3.8, 4) is 0 Å². The summed E-state index contributed by atoms with van der Waals surface area (Å²) in [5.74, 6) is -4.16. The zero-order valence-corrected chi connectivity index (χ0v) is 19.2. The molecule has 1 fully saturated rings. The van der Waals surface area contributed by atoms with Crippen LogP contribution in [0, 0.1) is 0 Å². The number of thioether (sulfide) groups is 2. The van der Waals surface area contributed by atoms with E-state index in [4.69, 9.17) is 22.5 Å². The fourth-order valence-electron chi connectivity index (χ4n) is 3.27. The molecule has 15 nitrogen and oxygen atoms in total. The number of anilines is 1. The van der Waals surface area contributed by atoms with Crippen LogP contribution in [-0.2, 0) is 19.2 Å². The predicted molar refractivity (Wildman–Crippen MR) is 118 cm³/mol. The number of alkyl halides is 1. The molecule has 18 heteroatoms. The SMILES string of the molecule is Nc1cc(SCC2=C(C(=O)O)N3C(=O)C(NC(=O)C(=NO)C(=O)CCl)[C@@H]3SC2)nn2nnnc12. The number of Topliss-reactive ketones (excluding diaryl/α,β-unsaturated/α-hetero) is 1. The number of hydrogen-bond acceptors (Lipinski definition) is 13. The lowest BCUT2D eigenvalue weighted by Gasteiger charge is -2.49. The number of aromatic nitrogens is 5. The molecule has 4 heterocycles. The van der Waals surface area contributed by atoms with Crippen molar-refractivity contribution in [1.29, 1.82) is 0 Å². The first kappa shape index (κ1) is 23.7. The number of carboxylic acids is 1. The summed E-state index contributed by atoms with van der Waals surface area (Å²) in [5.41, 5.74) is 5.90. The fraction of sp³-hybridized carbons (Fsp3) is 0.312. The highest BCUT2D eigenvalue weighted by Gasteiger charge is 2.54. The molecule has 0 spiro atoms. The Bertz CT molecular complexity index is 1280. The van der Waals surface area contributed by atoms with E-state index >= 15 is 0 Å². The van der Waals surface area contributed by atoms with Crippen molar-refractivity contribution in [2.45, 2.75) is 16.4 Å². The number of carbonyl (C=O) groups excluding carboxylic acids is 3. The first-order chi connectivity index (χ1) is 16.3. The van der Waals surface area contributed by atoms with E-state index in [0.717, 1.165) is 9.53 Å². The molecule has 5 N–H and O–H groups in total. The zero-order valence-electron chi connectivity index (χ0n) is 16.8. The Morgan fingerprint density at radius 2 is 2.18 bits per heavy atom. The average Bonchev–Trinajstić information content (AvgIpc) is 3.30. The molecule has 4 rings (SSSR count). The Hall–Kier alpha value is -3.44. The minimum Gasteiger partial charge on any atom is -0.477 e. The maximum absolute atomic E-state index is 12.7. The van der Waals surface area contributed by atoms with Gasteiger partial charge in [-0.2, -0.15) is 0 Å². The van der Waals surface area contributed by atoms with Crippen molar-refractivity contribution in [1.82, 2.24) is 35.5 Å². The fourth-order valence-corrected chi connectivity index (χ4v) is 5.78. The van der Waals surface area contributed by atoms with Crippen LogP contribution in [0.4, 0.5) is 5.69 Å². The topological polar surface area (TPSA) is 218 Å². The minimum absolute atomic E-state index is 0.188. The number of nitrogens with zero attached hydrogens (tertiary/aromatic N) is 7. The number of nitrogens with two attached hydrogens (primary N) is 1. The molecule has 2 aliphatic heterocycles. The number of oxime groups is 1.